The van der Waals surface area contributed by atoms with Gasteiger partial charge in [0.2, 0.25) is 0 Å². The second-order valence-corrected chi connectivity index (χ2v) is 9.89. The average molecular weight is 497 g/mol. The van der Waals surface area contributed by atoms with Gasteiger partial charge in [-0.25, -0.2) is 15.0 Å². The molecule has 35 heavy (non-hydrogen) atoms. The van der Waals surface area contributed by atoms with Crippen LogP contribution in [0.3, 0.4) is 0 Å². The number of aryl methyl sites for hydroxylation is 3. The van der Waals surface area contributed by atoms with Gasteiger partial charge in [-0.1, -0.05) is 65.7 Å². The van der Waals surface area contributed by atoms with E-state index in [9.17, 15) is 0 Å². The molecule has 3 aromatic carbocycles. The summed E-state index contributed by atoms with van der Waals surface area (Å²) in [5.41, 5.74) is 8.67. The van der Waals surface area contributed by atoms with E-state index in [0.29, 0.717) is 0 Å². The Hall–Kier alpha value is -3.54. The minimum Gasteiger partial charge on any atom is -0.340 e. The lowest BCUT2D eigenvalue weighted by atomic mass is 10.0. The molecule has 6 heteroatoms. The third-order valence-electron chi connectivity index (χ3n) is 5.87. The van der Waals surface area contributed by atoms with Crippen LogP contribution in [0.1, 0.15) is 28.2 Å². The molecule has 0 aliphatic carbocycles. The van der Waals surface area contributed by atoms with E-state index >= 15 is 0 Å². The number of aromatic nitrogens is 3. The van der Waals surface area contributed by atoms with Crippen LogP contribution < -0.4 is 5.32 Å². The van der Waals surface area contributed by atoms with E-state index in [1.165, 1.54) is 11.1 Å². The molecule has 4 nitrogen and oxygen atoms in total. The highest BCUT2D eigenvalue weighted by atomic mass is 35.5. The molecule has 5 rings (SSSR count). The second kappa shape index (κ2) is 9.98. The zero-order valence-electron chi connectivity index (χ0n) is 19.8. The smallest absolute Gasteiger partial charge is 0.137 e. The number of nitrogens with zero attached hydrogens (tertiary/aromatic N) is 3. The highest BCUT2D eigenvalue weighted by Gasteiger charge is 2.13. The predicted molar refractivity (Wildman–Crippen MR) is 147 cm³/mol. The molecule has 0 atom stereocenters. The Kier molecular flexibility index (Phi) is 6.62. The highest BCUT2D eigenvalue weighted by molar-refractivity contribution is 7.13. The number of benzene rings is 3. The van der Waals surface area contributed by atoms with E-state index in [1.54, 1.807) is 11.3 Å². The number of rotatable bonds is 6. The lowest BCUT2D eigenvalue weighted by molar-refractivity contribution is 0.965. The summed E-state index contributed by atoms with van der Waals surface area (Å²) >= 11 is 7.65. The fourth-order valence-electron chi connectivity index (χ4n) is 3.95. The summed E-state index contributed by atoms with van der Waals surface area (Å²) < 4.78 is 0. The Morgan fingerprint density at radius 3 is 2.17 bits per heavy atom. The molecule has 0 bridgehead atoms. The molecular weight excluding hydrogens is 472 g/mol. The van der Waals surface area contributed by atoms with Crippen molar-refractivity contribution in [2.45, 2.75) is 27.2 Å². The van der Waals surface area contributed by atoms with Gasteiger partial charge in [0, 0.05) is 44.9 Å². The molecule has 2 heterocycles. The van der Waals surface area contributed by atoms with Crippen LogP contribution in [-0.2, 0) is 6.42 Å². The van der Waals surface area contributed by atoms with Crippen LogP contribution in [0, 0.1) is 20.8 Å². The Morgan fingerprint density at radius 2 is 1.46 bits per heavy atom. The molecule has 0 fully saturated rings. The number of hydrogen-bond donors (Lipinski definition) is 1. The fraction of sp³-hybridized carbons (Fsp3) is 0.138. The first kappa shape index (κ1) is 23.2. The summed E-state index contributed by atoms with van der Waals surface area (Å²) in [6.07, 6.45) is 0.777. The summed E-state index contributed by atoms with van der Waals surface area (Å²) in [6, 6.07) is 24.7. The molecule has 2 aromatic heterocycles. The summed E-state index contributed by atoms with van der Waals surface area (Å²) in [6.45, 7) is 6.08. The molecule has 0 aliphatic rings. The minimum atomic E-state index is 0.727. The molecule has 174 valence electrons. The summed E-state index contributed by atoms with van der Waals surface area (Å²) in [5, 5.41) is 7.31. The van der Waals surface area contributed by atoms with Gasteiger partial charge >= 0.3 is 0 Å². The first-order valence-corrected chi connectivity index (χ1v) is 12.7. The van der Waals surface area contributed by atoms with Crippen molar-refractivity contribution in [1.29, 1.82) is 0 Å². The van der Waals surface area contributed by atoms with Crippen molar-refractivity contribution < 1.29 is 0 Å². The van der Waals surface area contributed by atoms with Gasteiger partial charge in [0.15, 0.2) is 0 Å². The molecule has 0 saturated heterocycles. The van der Waals surface area contributed by atoms with Crippen LogP contribution in [0.25, 0.3) is 21.8 Å². The highest BCUT2D eigenvalue weighted by Crippen LogP contribution is 2.31. The van der Waals surface area contributed by atoms with Crippen molar-refractivity contribution in [2.24, 2.45) is 0 Å². The molecular formula is C29H25ClN4S. The third kappa shape index (κ3) is 5.42. The normalized spacial score (nSPS) is 11.0. The number of thiazole rings is 1. The number of hydrogen-bond acceptors (Lipinski definition) is 5. The van der Waals surface area contributed by atoms with Gasteiger partial charge in [-0.2, -0.15) is 0 Å². The molecule has 0 unspecified atom stereocenters. The molecule has 0 amide bonds. The van der Waals surface area contributed by atoms with Crippen molar-refractivity contribution >= 4 is 34.4 Å². The number of halogens is 1. The molecule has 1 N–H and O–H groups in total. The van der Waals surface area contributed by atoms with Crippen molar-refractivity contribution in [3.05, 3.63) is 111 Å². The fourth-order valence-corrected chi connectivity index (χ4v) is 4.91. The first-order valence-electron chi connectivity index (χ1n) is 11.4. The van der Waals surface area contributed by atoms with Gasteiger partial charge in [-0.05, 0) is 50.6 Å². The third-order valence-corrected chi connectivity index (χ3v) is 7.01. The zero-order valence-corrected chi connectivity index (χ0v) is 21.4. The maximum atomic E-state index is 6.02. The SMILES string of the molecule is Cc1ccc(Cc2c(C)nc(C)nc2Nc2ccc(-c3csc(-c4ccc(Cl)cc4)n3)cc2)cc1. The molecule has 0 spiro atoms. The standard InChI is InChI=1S/C29H25ClN4S/c1-18-4-6-21(7-5-18)16-26-19(2)31-20(3)32-28(26)33-25-14-10-22(11-15-25)27-17-35-29(34-27)23-8-12-24(30)13-9-23/h4-15,17H,16H2,1-3H3,(H,31,32,33). The van der Waals surface area contributed by atoms with Crippen LogP contribution >= 0.6 is 22.9 Å². The van der Waals surface area contributed by atoms with Gasteiger partial charge in [0.1, 0.15) is 16.6 Å². The molecule has 0 saturated carbocycles. The lowest BCUT2D eigenvalue weighted by Gasteiger charge is -2.15. The van der Waals surface area contributed by atoms with E-state index in [1.807, 2.05) is 38.1 Å². The largest absolute Gasteiger partial charge is 0.340 e. The van der Waals surface area contributed by atoms with Crippen molar-refractivity contribution in [3.8, 4) is 21.8 Å². The predicted octanol–water partition coefficient (Wildman–Crippen LogP) is 8.18. The van der Waals surface area contributed by atoms with E-state index in [0.717, 1.165) is 61.9 Å². The van der Waals surface area contributed by atoms with E-state index < -0.39 is 0 Å². The van der Waals surface area contributed by atoms with E-state index in [2.05, 4.69) is 71.1 Å². The average Bonchev–Trinajstić information content (AvgIpc) is 3.34. The van der Waals surface area contributed by atoms with Crippen LogP contribution in [0.15, 0.2) is 78.2 Å². The van der Waals surface area contributed by atoms with Gasteiger partial charge in [-0.3, -0.25) is 0 Å². The maximum absolute atomic E-state index is 6.02. The van der Waals surface area contributed by atoms with Crippen molar-refractivity contribution in [2.75, 3.05) is 5.32 Å². The lowest BCUT2D eigenvalue weighted by Crippen LogP contribution is -2.06. The van der Waals surface area contributed by atoms with Gasteiger partial charge in [0.05, 0.1) is 5.69 Å². The van der Waals surface area contributed by atoms with Crippen LogP contribution in [0.2, 0.25) is 5.02 Å². The van der Waals surface area contributed by atoms with Crippen LogP contribution in [-0.4, -0.2) is 15.0 Å². The number of nitrogens with one attached hydrogen (secondary N) is 1. The molecule has 0 radical (unpaired) electrons. The molecule has 5 aromatic rings. The Morgan fingerprint density at radius 1 is 0.771 bits per heavy atom. The van der Waals surface area contributed by atoms with E-state index in [-0.39, 0.29) is 0 Å². The first-order chi connectivity index (χ1) is 16.9. The summed E-state index contributed by atoms with van der Waals surface area (Å²) in [4.78, 5) is 14.2. The topological polar surface area (TPSA) is 50.7 Å². The van der Waals surface area contributed by atoms with Crippen molar-refractivity contribution in [3.63, 3.8) is 0 Å². The maximum Gasteiger partial charge on any atom is 0.137 e. The van der Waals surface area contributed by atoms with Gasteiger partial charge < -0.3 is 5.32 Å². The van der Waals surface area contributed by atoms with Gasteiger partial charge in [0.25, 0.3) is 0 Å². The van der Waals surface area contributed by atoms with E-state index in [4.69, 9.17) is 21.6 Å². The van der Waals surface area contributed by atoms with Crippen LogP contribution in [0.5, 0.6) is 0 Å². The monoisotopic (exact) mass is 496 g/mol. The minimum absolute atomic E-state index is 0.727. The summed E-state index contributed by atoms with van der Waals surface area (Å²) in [7, 11) is 0. The number of anilines is 2. The Balaban J connectivity index is 1.37. The molecule has 0 aliphatic heterocycles. The van der Waals surface area contributed by atoms with Gasteiger partial charge in [-0.15, -0.1) is 11.3 Å². The Labute approximate surface area is 214 Å². The summed E-state index contributed by atoms with van der Waals surface area (Å²) in [5.74, 6) is 1.61. The zero-order chi connectivity index (χ0) is 24.4. The van der Waals surface area contributed by atoms with Crippen molar-refractivity contribution in [1.82, 2.24) is 15.0 Å². The Bertz CT molecular complexity index is 1460. The second-order valence-electron chi connectivity index (χ2n) is 8.59. The van der Waals surface area contributed by atoms with Crippen LogP contribution in [0.4, 0.5) is 11.5 Å². The quantitative estimate of drug-likeness (QED) is 0.257.